The van der Waals surface area contributed by atoms with Crippen LogP contribution < -0.4 is 10.1 Å². The van der Waals surface area contributed by atoms with Crippen LogP contribution in [-0.2, 0) is 13.0 Å². The van der Waals surface area contributed by atoms with Crippen LogP contribution in [-0.4, -0.2) is 12.6 Å². The van der Waals surface area contributed by atoms with Gasteiger partial charge >= 0.3 is 0 Å². The van der Waals surface area contributed by atoms with E-state index in [1.165, 1.54) is 43.2 Å². The van der Waals surface area contributed by atoms with E-state index in [1.807, 2.05) is 6.07 Å². The topological polar surface area (TPSA) is 21.3 Å². The Hall–Kier alpha value is -0.730. The minimum Gasteiger partial charge on any atom is -0.493 e. The fourth-order valence-corrected chi connectivity index (χ4v) is 3.69. The first-order valence-corrected chi connectivity index (χ1v) is 8.27. The van der Waals surface area contributed by atoms with Gasteiger partial charge in [-0.1, -0.05) is 31.4 Å². The predicted molar refractivity (Wildman–Crippen MR) is 83.5 cm³/mol. The maximum atomic E-state index is 6.21. The van der Waals surface area contributed by atoms with Crippen molar-refractivity contribution in [2.45, 2.75) is 58.0 Å². The van der Waals surface area contributed by atoms with E-state index >= 15 is 0 Å². The number of benzene rings is 1. The maximum Gasteiger partial charge on any atom is 0.127 e. The van der Waals surface area contributed by atoms with Gasteiger partial charge in [0.25, 0.3) is 0 Å². The summed E-state index contributed by atoms with van der Waals surface area (Å²) in [5.41, 5.74) is 2.49. The van der Waals surface area contributed by atoms with Gasteiger partial charge in [0.05, 0.1) is 6.61 Å². The lowest BCUT2D eigenvalue weighted by atomic mass is 10.0. The summed E-state index contributed by atoms with van der Waals surface area (Å²) < 4.78 is 5.77. The minimum atomic E-state index is 0.649. The molecule has 0 bridgehead atoms. The van der Waals surface area contributed by atoms with E-state index in [-0.39, 0.29) is 0 Å². The third-order valence-corrected chi connectivity index (χ3v) is 4.88. The fraction of sp³-hybridized carbons (Fsp3) is 0.647. The molecule has 20 heavy (non-hydrogen) atoms. The van der Waals surface area contributed by atoms with Gasteiger partial charge in [-0.25, -0.2) is 0 Å². The van der Waals surface area contributed by atoms with E-state index in [4.69, 9.17) is 16.3 Å². The second-order valence-corrected chi connectivity index (χ2v) is 6.78. The Kier molecular flexibility index (Phi) is 4.52. The molecule has 1 aromatic carbocycles. The van der Waals surface area contributed by atoms with Crippen molar-refractivity contribution in [1.82, 2.24) is 5.32 Å². The third kappa shape index (κ3) is 3.29. The zero-order valence-electron chi connectivity index (χ0n) is 12.3. The lowest BCUT2D eigenvalue weighted by molar-refractivity contribution is 0.350. The maximum absolute atomic E-state index is 6.21. The Bertz CT molecular complexity index is 474. The predicted octanol–water partition coefficient (Wildman–Crippen LogP) is 4.33. The average molecular weight is 294 g/mol. The van der Waals surface area contributed by atoms with E-state index < -0.39 is 0 Å². The summed E-state index contributed by atoms with van der Waals surface area (Å²) in [6, 6.07) is 4.75. The average Bonchev–Trinajstić information content (AvgIpc) is 2.79. The van der Waals surface area contributed by atoms with Crippen LogP contribution in [0.3, 0.4) is 0 Å². The number of ether oxygens (including phenoxy) is 1. The monoisotopic (exact) mass is 293 g/mol. The summed E-state index contributed by atoms with van der Waals surface area (Å²) in [7, 11) is 0. The van der Waals surface area contributed by atoms with Gasteiger partial charge in [0, 0.05) is 29.6 Å². The summed E-state index contributed by atoms with van der Waals surface area (Å²) >= 11 is 6.21. The number of fused-ring (bicyclic) bond motifs is 1. The van der Waals surface area contributed by atoms with Crippen molar-refractivity contribution in [3.05, 3.63) is 28.3 Å². The van der Waals surface area contributed by atoms with Crippen LogP contribution >= 0.6 is 11.6 Å². The number of hydrogen-bond donors (Lipinski definition) is 1. The van der Waals surface area contributed by atoms with Gasteiger partial charge in [-0.15, -0.1) is 0 Å². The van der Waals surface area contributed by atoms with Gasteiger partial charge < -0.3 is 10.1 Å². The lowest BCUT2D eigenvalue weighted by Crippen LogP contribution is -2.28. The van der Waals surface area contributed by atoms with Crippen LogP contribution in [0.4, 0.5) is 0 Å². The first-order chi connectivity index (χ1) is 9.72. The molecule has 1 heterocycles. The smallest absolute Gasteiger partial charge is 0.127 e. The molecular formula is C17H24ClNO. The largest absolute Gasteiger partial charge is 0.493 e. The molecule has 1 aliphatic carbocycles. The minimum absolute atomic E-state index is 0.649. The van der Waals surface area contributed by atoms with Gasteiger partial charge in [0.15, 0.2) is 0 Å². The molecule has 1 N–H and O–H groups in total. The number of rotatable bonds is 3. The molecule has 0 amide bonds. The third-order valence-electron chi connectivity index (χ3n) is 4.66. The second-order valence-electron chi connectivity index (χ2n) is 6.34. The highest BCUT2D eigenvalue weighted by atomic mass is 35.5. The van der Waals surface area contributed by atoms with Crippen molar-refractivity contribution >= 4 is 11.6 Å². The SMILES string of the molecule is CC1CCCC(NCc2cc(Cl)cc3c2OCC3)CC1. The van der Waals surface area contributed by atoms with Crippen LogP contribution in [0.15, 0.2) is 12.1 Å². The standard InChI is InChI=1S/C17H24ClNO/c1-12-3-2-4-16(6-5-12)19-11-14-10-15(18)9-13-7-8-20-17(13)14/h9-10,12,16,19H,2-8,11H2,1H3. The summed E-state index contributed by atoms with van der Waals surface area (Å²) in [5, 5.41) is 4.55. The van der Waals surface area contributed by atoms with Crippen molar-refractivity contribution in [2.24, 2.45) is 5.92 Å². The fourth-order valence-electron chi connectivity index (χ4n) is 3.42. The Balaban J connectivity index is 1.64. The second kappa shape index (κ2) is 6.36. The van der Waals surface area contributed by atoms with Crippen molar-refractivity contribution in [3.63, 3.8) is 0 Å². The van der Waals surface area contributed by atoms with Gasteiger partial charge in [-0.3, -0.25) is 0 Å². The zero-order chi connectivity index (χ0) is 13.9. The van der Waals surface area contributed by atoms with Crippen LogP contribution in [0.25, 0.3) is 0 Å². The highest BCUT2D eigenvalue weighted by molar-refractivity contribution is 6.30. The molecule has 0 radical (unpaired) electrons. The van der Waals surface area contributed by atoms with E-state index in [2.05, 4.69) is 18.3 Å². The van der Waals surface area contributed by atoms with E-state index in [0.717, 1.165) is 36.3 Å². The molecule has 3 heteroatoms. The molecule has 0 spiro atoms. The van der Waals surface area contributed by atoms with E-state index in [1.54, 1.807) is 0 Å². The number of hydrogen-bond acceptors (Lipinski definition) is 2. The summed E-state index contributed by atoms with van der Waals surface area (Å²) in [6.45, 7) is 4.05. The molecule has 2 atom stereocenters. The normalized spacial score (nSPS) is 25.9. The van der Waals surface area contributed by atoms with Gasteiger partial charge in [-0.05, 0) is 42.9 Å². The van der Waals surface area contributed by atoms with Gasteiger partial charge in [0.1, 0.15) is 5.75 Å². The van der Waals surface area contributed by atoms with Crippen molar-refractivity contribution in [1.29, 1.82) is 0 Å². The first kappa shape index (κ1) is 14.2. The Morgan fingerprint density at radius 1 is 1.25 bits per heavy atom. The molecule has 1 aromatic rings. The van der Waals surface area contributed by atoms with E-state index in [9.17, 15) is 0 Å². The van der Waals surface area contributed by atoms with Gasteiger partial charge in [0.2, 0.25) is 0 Å². The molecule has 0 aromatic heterocycles. The Labute approximate surface area is 126 Å². The molecule has 1 fully saturated rings. The molecule has 2 nitrogen and oxygen atoms in total. The van der Waals surface area contributed by atoms with Crippen LogP contribution in [0.5, 0.6) is 5.75 Å². The molecule has 110 valence electrons. The molecule has 2 unspecified atom stereocenters. The number of nitrogens with one attached hydrogen (secondary N) is 1. The summed E-state index contributed by atoms with van der Waals surface area (Å²) in [6.07, 6.45) is 7.67. The van der Waals surface area contributed by atoms with Crippen LogP contribution in [0.2, 0.25) is 5.02 Å². The lowest BCUT2D eigenvalue weighted by Gasteiger charge is -2.18. The van der Waals surface area contributed by atoms with Gasteiger partial charge in [-0.2, -0.15) is 0 Å². The molecule has 1 saturated carbocycles. The highest BCUT2D eigenvalue weighted by Gasteiger charge is 2.19. The zero-order valence-corrected chi connectivity index (χ0v) is 13.0. The summed E-state index contributed by atoms with van der Waals surface area (Å²) in [5.74, 6) is 1.96. The number of halogens is 1. The molecular weight excluding hydrogens is 270 g/mol. The Morgan fingerprint density at radius 2 is 2.15 bits per heavy atom. The molecule has 2 aliphatic rings. The highest BCUT2D eigenvalue weighted by Crippen LogP contribution is 2.33. The van der Waals surface area contributed by atoms with E-state index in [0.29, 0.717) is 6.04 Å². The van der Waals surface area contributed by atoms with Crippen LogP contribution in [0.1, 0.15) is 50.2 Å². The quantitative estimate of drug-likeness (QED) is 0.838. The van der Waals surface area contributed by atoms with Crippen molar-refractivity contribution in [2.75, 3.05) is 6.61 Å². The molecule has 1 aliphatic heterocycles. The Morgan fingerprint density at radius 3 is 3.05 bits per heavy atom. The first-order valence-electron chi connectivity index (χ1n) is 7.90. The molecule has 0 saturated heterocycles. The van der Waals surface area contributed by atoms with Crippen molar-refractivity contribution < 1.29 is 4.74 Å². The van der Waals surface area contributed by atoms with Crippen LogP contribution in [0, 0.1) is 5.92 Å². The summed E-state index contributed by atoms with van der Waals surface area (Å²) in [4.78, 5) is 0. The molecule has 3 rings (SSSR count). The van der Waals surface area contributed by atoms with Crippen molar-refractivity contribution in [3.8, 4) is 5.75 Å².